The van der Waals surface area contributed by atoms with Gasteiger partial charge in [0.05, 0.1) is 18.1 Å². The largest absolute Gasteiger partial charge is 0.368 e. The van der Waals surface area contributed by atoms with Crippen LogP contribution in [0.1, 0.15) is 29.8 Å². The van der Waals surface area contributed by atoms with E-state index in [1.165, 1.54) is 5.56 Å². The molecule has 1 heterocycles. The minimum atomic E-state index is 0.396. The molecular weight excluding hydrogens is 250 g/mol. The second kappa shape index (κ2) is 5.88. The number of hydrogen-bond donors (Lipinski definition) is 1. The minimum absolute atomic E-state index is 0.396. The first-order chi connectivity index (χ1) is 9.47. The highest BCUT2D eigenvalue weighted by Crippen LogP contribution is 2.17. The van der Waals surface area contributed by atoms with E-state index in [4.69, 9.17) is 5.73 Å². The molecule has 0 amide bonds. The first kappa shape index (κ1) is 14.3. The third-order valence-electron chi connectivity index (χ3n) is 3.36. The van der Waals surface area contributed by atoms with Crippen molar-refractivity contribution in [1.82, 2.24) is 14.6 Å². The number of aromatic nitrogens is 2. The number of nitrogens with zero attached hydrogens (tertiary/aromatic N) is 4. The summed E-state index contributed by atoms with van der Waals surface area (Å²) in [6, 6.07) is 8.74. The molecule has 20 heavy (non-hydrogen) atoms. The van der Waals surface area contributed by atoms with E-state index >= 15 is 0 Å². The SMILES string of the molecule is Cc1cn(N=Cc2ccc(C(C)N(C)C)cc2)c(N)n1. The van der Waals surface area contributed by atoms with E-state index in [2.05, 4.69) is 60.3 Å². The highest BCUT2D eigenvalue weighted by molar-refractivity contribution is 5.79. The molecule has 0 radical (unpaired) electrons. The van der Waals surface area contributed by atoms with Crippen LogP contribution in [-0.2, 0) is 0 Å². The smallest absolute Gasteiger partial charge is 0.221 e. The van der Waals surface area contributed by atoms with Gasteiger partial charge in [-0.15, -0.1) is 0 Å². The molecule has 0 saturated heterocycles. The Morgan fingerprint density at radius 2 is 1.95 bits per heavy atom. The first-order valence-electron chi connectivity index (χ1n) is 6.59. The van der Waals surface area contributed by atoms with Crippen molar-refractivity contribution in [1.29, 1.82) is 0 Å². The first-order valence-corrected chi connectivity index (χ1v) is 6.59. The zero-order chi connectivity index (χ0) is 14.7. The van der Waals surface area contributed by atoms with Crippen LogP contribution in [0.2, 0.25) is 0 Å². The number of nitrogen functional groups attached to an aromatic ring is 1. The summed E-state index contributed by atoms with van der Waals surface area (Å²) in [5.41, 5.74) is 8.91. The van der Waals surface area contributed by atoms with Gasteiger partial charge in [0.1, 0.15) is 0 Å². The van der Waals surface area contributed by atoms with Gasteiger partial charge in [-0.1, -0.05) is 24.3 Å². The molecule has 106 valence electrons. The molecule has 2 rings (SSSR count). The maximum atomic E-state index is 5.74. The van der Waals surface area contributed by atoms with E-state index in [0.29, 0.717) is 12.0 Å². The molecule has 0 aliphatic rings. The zero-order valence-electron chi connectivity index (χ0n) is 12.4. The number of benzene rings is 1. The van der Waals surface area contributed by atoms with Gasteiger partial charge >= 0.3 is 0 Å². The standard InChI is InChI=1S/C15H21N5/c1-11-10-20(15(16)18-11)17-9-13-5-7-14(8-6-13)12(2)19(3)4/h5-10,12H,1-4H3,(H2,16,18). The lowest BCUT2D eigenvalue weighted by molar-refractivity contribution is 0.321. The number of aryl methyl sites for hydroxylation is 1. The van der Waals surface area contributed by atoms with Crippen molar-refractivity contribution in [3.63, 3.8) is 0 Å². The monoisotopic (exact) mass is 271 g/mol. The average Bonchev–Trinajstić information content (AvgIpc) is 2.74. The molecule has 5 nitrogen and oxygen atoms in total. The summed E-state index contributed by atoms with van der Waals surface area (Å²) in [5, 5.41) is 4.30. The summed E-state index contributed by atoms with van der Waals surface area (Å²) in [6.07, 6.45) is 3.58. The summed E-state index contributed by atoms with van der Waals surface area (Å²) >= 11 is 0. The van der Waals surface area contributed by atoms with Gasteiger partial charge in [-0.25, -0.2) is 9.66 Å². The van der Waals surface area contributed by atoms with Crippen molar-refractivity contribution in [2.24, 2.45) is 5.10 Å². The molecule has 0 bridgehead atoms. The zero-order valence-corrected chi connectivity index (χ0v) is 12.4. The fraction of sp³-hybridized carbons (Fsp3) is 0.333. The molecular formula is C15H21N5. The number of nitrogens with two attached hydrogens (primary N) is 1. The Hall–Kier alpha value is -2.14. The maximum absolute atomic E-state index is 5.74. The van der Waals surface area contributed by atoms with Crippen LogP contribution < -0.4 is 5.73 Å². The van der Waals surface area contributed by atoms with Crippen LogP contribution in [0.3, 0.4) is 0 Å². The molecule has 0 aliphatic carbocycles. The van der Waals surface area contributed by atoms with Crippen molar-refractivity contribution in [2.45, 2.75) is 19.9 Å². The fourth-order valence-electron chi connectivity index (χ4n) is 1.88. The van der Waals surface area contributed by atoms with E-state index in [-0.39, 0.29) is 0 Å². The highest BCUT2D eigenvalue weighted by Gasteiger charge is 2.06. The third kappa shape index (κ3) is 3.24. The molecule has 1 unspecified atom stereocenters. The Labute approximate surface area is 119 Å². The molecule has 2 N–H and O–H groups in total. The lowest BCUT2D eigenvalue weighted by Gasteiger charge is -2.20. The van der Waals surface area contributed by atoms with Crippen LogP contribution in [0.4, 0.5) is 5.95 Å². The van der Waals surface area contributed by atoms with Crippen molar-refractivity contribution in [3.05, 3.63) is 47.3 Å². The number of hydrogen-bond acceptors (Lipinski definition) is 4. The summed E-state index contributed by atoms with van der Waals surface area (Å²) in [4.78, 5) is 6.28. The highest BCUT2D eigenvalue weighted by atomic mass is 15.4. The van der Waals surface area contributed by atoms with Crippen LogP contribution in [0, 0.1) is 6.92 Å². The maximum Gasteiger partial charge on any atom is 0.221 e. The molecule has 0 spiro atoms. The van der Waals surface area contributed by atoms with Crippen LogP contribution in [0.25, 0.3) is 0 Å². The predicted octanol–water partition coefficient (Wildman–Crippen LogP) is 2.28. The van der Waals surface area contributed by atoms with E-state index < -0.39 is 0 Å². The van der Waals surface area contributed by atoms with Crippen LogP contribution in [-0.4, -0.2) is 34.9 Å². The Bertz CT molecular complexity index is 595. The number of rotatable bonds is 4. The summed E-state index contributed by atoms with van der Waals surface area (Å²) < 4.78 is 1.58. The van der Waals surface area contributed by atoms with E-state index in [9.17, 15) is 0 Å². The molecule has 1 atom stereocenters. The quantitative estimate of drug-likeness (QED) is 0.868. The normalized spacial score (nSPS) is 13.2. The molecule has 0 aliphatic heterocycles. The van der Waals surface area contributed by atoms with Gasteiger partial charge in [0.2, 0.25) is 5.95 Å². The van der Waals surface area contributed by atoms with Gasteiger partial charge in [-0.2, -0.15) is 5.10 Å². The molecule has 0 saturated carbocycles. The van der Waals surface area contributed by atoms with Gasteiger partial charge in [-0.3, -0.25) is 0 Å². The number of imidazole rings is 1. The second-order valence-corrected chi connectivity index (χ2v) is 5.14. The molecule has 2 aromatic rings. The van der Waals surface area contributed by atoms with Crippen LogP contribution in [0.5, 0.6) is 0 Å². The fourth-order valence-corrected chi connectivity index (χ4v) is 1.88. The Morgan fingerprint density at radius 3 is 2.45 bits per heavy atom. The van der Waals surface area contributed by atoms with Crippen molar-refractivity contribution in [2.75, 3.05) is 19.8 Å². The van der Waals surface area contributed by atoms with Gasteiger partial charge < -0.3 is 10.6 Å². The Kier molecular flexibility index (Phi) is 4.20. The van der Waals surface area contributed by atoms with E-state index in [1.54, 1.807) is 17.1 Å². The summed E-state index contributed by atoms with van der Waals surface area (Å²) in [7, 11) is 4.15. The lowest BCUT2D eigenvalue weighted by atomic mass is 10.1. The Morgan fingerprint density at radius 1 is 1.30 bits per heavy atom. The van der Waals surface area contributed by atoms with Gasteiger partial charge in [0.15, 0.2) is 0 Å². The van der Waals surface area contributed by atoms with Crippen LogP contribution in [0.15, 0.2) is 35.6 Å². The minimum Gasteiger partial charge on any atom is -0.368 e. The van der Waals surface area contributed by atoms with Gasteiger partial charge in [-0.05, 0) is 39.1 Å². The van der Waals surface area contributed by atoms with Crippen molar-refractivity contribution < 1.29 is 0 Å². The Balaban J connectivity index is 2.13. The summed E-state index contributed by atoms with van der Waals surface area (Å²) in [6.45, 7) is 4.07. The second-order valence-electron chi connectivity index (χ2n) is 5.14. The van der Waals surface area contributed by atoms with E-state index in [1.807, 2.05) is 6.92 Å². The topological polar surface area (TPSA) is 59.4 Å². The average molecular weight is 271 g/mol. The number of anilines is 1. The molecule has 0 fully saturated rings. The summed E-state index contributed by atoms with van der Waals surface area (Å²) in [5.74, 6) is 0.400. The van der Waals surface area contributed by atoms with Crippen molar-refractivity contribution in [3.8, 4) is 0 Å². The predicted molar refractivity (Wildman–Crippen MR) is 82.9 cm³/mol. The van der Waals surface area contributed by atoms with Gasteiger partial charge in [0.25, 0.3) is 0 Å². The van der Waals surface area contributed by atoms with E-state index in [0.717, 1.165) is 11.3 Å². The molecule has 1 aromatic carbocycles. The lowest BCUT2D eigenvalue weighted by Crippen LogP contribution is -2.16. The van der Waals surface area contributed by atoms with Gasteiger partial charge in [0, 0.05) is 6.04 Å². The van der Waals surface area contributed by atoms with Crippen LogP contribution >= 0.6 is 0 Å². The molecule has 1 aromatic heterocycles. The van der Waals surface area contributed by atoms with Crippen molar-refractivity contribution >= 4 is 12.2 Å². The molecule has 5 heteroatoms. The third-order valence-corrected chi connectivity index (χ3v) is 3.36.